The van der Waals surface area contributed by atoms with Gasteiger partial charge in [0.1, 0.15) is 11.3 Å². The van der Waals surface area contributed by atoms with Crippen LogP contribution in [0, 0.1) is 13.8 Å². The molecular weight excluding hydrogens is 180 g/mol. The summed E-state index contributed by atoms with van der Waals surface area (Å²) in [4.78, 5) is 18.1. The number of fused-ring (bicyclic) bond motifs is 1. The molecule has 0 amide bonds. The second-order valence-electron chi connectivity index (χ2n) is 3.34. The highest BCUT2D eigenvalue weighted by molar-refractivity contribution is 6.01. The number of aromatic carboxylic acids is 1. The molecule has 72 valence electrons. The third-order valence-electron chi connectivity index (χ3n) is 2.08. The molecule has 2 rings (SSSR count). The third kappa shape index (κ3) is 1.25. The van der Waals surface area contributed by atoms with Crippen LogP contribution in [0.5, 0.6) is 0 Å². The van der Waals surface area contributed by atoms with Crippen molar-refractivity contribution in [2.45, 2.75) is 13.8 Å². The van der Waals surface area contributed by atoms with E-state index in [0.717, 1.165) is 16.9 Å². The first-order chi connectivity index (χ1) is 6.58. The Morgan fingerprint density at radius 1 is 1.43 bits per heavy atom. The minimum absolute atomic E-state index is 0.254. The molecule has 14 heavy (non-hydrogen) atoms. The number of H-pyrrole nitrogens is 1. The maximum absolute atomic E-state index is 10.9. The normalized spacial score (nSPS) is 10.7. The minimum Gasteiger partial charge on any atom is -0.478 e. The Morgan fingerprint density at radius 3 is 2.79 bits per heavy atom. The number of aromatic nitrogens is 2. The van der Waals surface area contributed by atoms with Crippen LogP contribution >= 0.6 is 0 Å². The number of aryl methyl sites for hydroxylation is 2. The van der Waals surface area contributed by atoms with Crippen molar-refractivity contribution < 1.29 is 9.90 Å². The SMILES string of the molecule is Cc1cc(C(=O)O)c2nc(C)[nH]c2c1. The summed E-state index contributed by atoms with van der Waals surface area (Å²) in [6.07, 6.45) is 0. The van der Waals surface area contributed by atoms with Crippen LogP contribution in [0.1, 0.15) is 21.7 Å². The van der Waals surface area contributed by atoms with Crippen LogP contribution in [0.3, 0.4) is 0 Å². The fourth-order valence-electron chi connectivity index (χ4n) is 1.55. The molecule has 0 radical (unpaired) electrons. The number of aromatic amines is 1. The molecule has 0 aliphatic heterocycles. The maximum Gasteiger partial charge on any atom is 0.337 e. The topological polar surface area (TPSA) is 66.0 Å². The molecule has 0 aliphatic carbocycles. The Morgan fingerprint density at radius 2 is 2.14 bits per heavy atom. The van der Waals surface area contributed by atoms with Crippen molar-refractivity contribution in [1.82, 2.24) is 9.97 Å². The van der Waals surface area contributed by atoms with E-state index >= 15 is 0 Å². The Kier molecular flexibility index (Phi) is 1.77. The van der Waals surface area contributed by atoms with Gasteiger partial charge in [0.2, 0.25) is 0 Å². The fraction of sp³-hybridized carbons (Fsp3) is 0.200. The quantitative estimate of drug-likeness (QED) is 0.721. The van der Waals surface area contributed by atoms with Gasteiger partial charge in [-0.1, -0.05) is 0 Å². The summed E-state index contributed by atoms with van der Waals surface area (Å²) in [6.45, 7) is 3.67. The molecule has 0 atom stereocenters. The van der Waals surface area contributed by atoms with Crippen LogP contribution in [0.2, 0.25) is 0 Å². The molecule has 2 aromatic rings. The average Bonchev–Trinajstić information content (AvgIpc) is 2.42. The number of benzene rings is 1. The first kappa shape index (κ1) is 8.74. The summed E-state index contributed by atoms with van der Waals surface area (Å²) >= 11 is 0. The number of carboxylic acid groups (broad SMARTS) is 1. The molecule has 1 aromatic carbocycles. The molecule has 0 bridgehead atoms. The number of imidazole rings is 1. The Hall–Kier alpha value is -1.84. The van der Waals surface area contributed by atoms with Gasteiger partial charge in [-0.3, -0.25) is 0 Å². The lowest BCUT2D eigenvalue weighted by atomic mass is 10.1. The summed E-state index contributed by atoms with van der Waals surface area (Å²) in [5.74, 6) is -0.210. The second kappa shape index (κ2) is 2.83. The van der Waals surface area contributed by atoms with Gasteiger partial charge in [-0.25, -0.2) is 9.78 Å². The minimum atomic E-state index is -0.940. The van der Waals surface area contributed by atoms with Crippen LogP contribution in [0.15, 0.2) is 12.1 Å². The van der Waals surface area contributed by atoms with E-state index in [0.29, 0.717) is 5.52 Å². The molecule has 0 unspecified atom stereocenters. The number of nitrogens with zero attached hydrogens (tertiary/aromatic N) is 1. The van der Waals surface area contributed by atoms with Crippen LogP contribution in [-0.4, -0.2) is 21.0 Å². The van der Waals surface area contributed by atoms with Gasteiger partial charge in [0.15, 0.2) is 0 Å². The monoisotopic (exact) mass is 190 g/mol. The summed E-state index contributed by atoms with van der Waals surface area (Å²) in [5, 5.41) is 8.96. The van der Waals surface area contributed by atoms with Crippen LogP contribution in [-0.2, 0) is 0 Å². The van der Waals surface area contributed by atoms with Gasteiger partial charge in [-0.05, 0) is 31.5 Å². The zero-order chi connectivity index (χ0) is 10.3. The van der Waals surface area contributed by atoms with Crippen molar-refractivity contribution >= 4 is 17.0 Å². The fourth-order valence-corrected chi connectivity index (χ4v) is 1.55. The number of carbonyl (C=O) groups is 1. The smallest absolute Gasteiger partial charge is 0.337 e. The molecule has 2 N–H and O–H groups in total. The Bertz CT molecular complexity index is 514. The van der Waals surface area contributed by atoms with E-state index in [1.54, 1.807) is 13.0 Å². The van der Waals surface area contributed by atoms with Crippen LogP contribution in [0.25, 0.3) is 11.0 Å². The van der Waals surface area contributed by atoms with E-state index in [-0.39, 0.29) is 5.56 Å². The summed E-state index contributed by atoms with van der Waals surface area (Å²) in [5.41, 5.74) is 2.48. The molecule has 0 aliphatic rings. The van der Waals surface area contributed by atoms with Crippen molar-refractivity contribution in [2.24, 2.45) is 0 Å². The van der Waals surface area contributed by atoms with E-state index in [1.807, 2.05) is 13.0 Å². The van der Waals surface area contributed by atoms with Crippen molar-refractivity contribution in [3.8, 4) is 0 Å². The molecule has 0 saturated carbocycles. The van der Waals surface area contributed by atoms with Gasteiger partial charge in [0, 0.05) is 0 Å². The van der Waals surface area contributed by atoms with E-state index in [2.05, 4.69) is 9.97 Å². The van der Waals surface area contributed by atoms with E-state index < -0.39 is 5.97 Å². The van der Waals surface area contributed by atoms with Gasteiger partial charge in [-0.2, -0.15) is 0 Å². The number of hydrogen-bond acceptors (Lipinski definition) is 2. The van der Waals surface area contributed by atoms with Gasteiger partial charge in [0.05, 0.1) is 11.1 Å². The third-order valence-corrected chi connectivity index (χ3v) is 2.08. The highest BCUT2D eigenvalue weighted by Crippen LogP contribution is 2.18. The van der Waals surface area contributed by atoms with Crippen LogP contribution in [0.4, 0.5) is 0 Å². The van der Waals surface area contributed by atoms with E-state index in [1.165, 1.54) is 0 Å². The lowest BCUT2D eigenvalue weighted by molar-refractivity contribution is 0.0698. The second-order valence-corrected chi connectivity index (χ2v) is 3.34. The van der Waals surface area contributed by atoms with Gasteiger partial charge in [0.25, 0.3) is 0 Å². The largest absolute Gasteiger partial charge is 0.478 e. The zero-order valence-electron chi connectivity index (χ0n) is 7.96. The Labute approximate surface area is 80.6 Å². The maximum atomic E-state index is 10.9. The highest BCUT2D eigenvalue weighted by atomic mass is 16.4. The summed E-state index contributed by atoms with van der Waals surface area (Å²) < 4.78 is 0. The molecule has 1 aromatic heterocycles. The first-order valence-electron chi connectivity index (χ1n) is 4.28. The molecule has 0 fully saturated rings. The van der Waals surface area contributed by atoms with Crippen LogP contribution < -0.4 is 0 Å². The molecule has 0 spiro atoms. The number of rotatable bonds is 1. The lowest BCUT2D eigenvalue weighted by Gasteiger charge is -1.97. The lowest BCUT2D eigenvalue weighted by Crippen LogP contribution is -1.98. The van der Waals surface area contributed by atoms with Crippen molar-refractivity contribution in [1.29, 1.82) is 0 Å². The number of nitrogens with one attached hydrogen (secondary N) is 1. The number of carboxylic acids is 1. The van der Waals surface area contributed by atoms with Crippen molar-refractivity contribution in [2.75, 3.05) is 0 Å². The van der Waals surface area contributed by atoms with Gasteiger partial charge >= 0.3 is 5.97 Å². The van der Waals surface area contributed by atoms with E-state index in [4.69, 9.17) is 5.11 Å². The molecule has 4 heteroatoms. The first-order valence-corrected chi connectivity index (χ1v) is 4.28. The van der Waals surface area contributed by atoms with Crippen molar-refractivity contribution in [3.63, 3.8) is 0 Å². The number of hydrogen-bond donors (Lipinski definition) is 2. The highest BCUT2D eigenvalue weighted by Gasteiger charge is 2.12. The summed E-state index contributed by atoms with van der Waals surface area (Å²) in [7, 11) is 0. The standard InChI is InChI=1S/C10H10N2O2/c1-5-3-7(10(13)14)9-8(4-5)11-6(2)12-9/h3-4H,1-2H3,(H,11,12)(H,13,14). The van der Waals surface area contributed by atoms with Crippen molar-refractivity contribution in [3.05, 3.63) is 29.1 Å². The zero-order valence-corrected chi connectivity index (χ0v) is 7.96. The molecule has 0 saturated heterocycles. The molecule has 1 heterocycles. The average molecular weight is 190 g/mol. The summed E-state index contributed by atoms with van der Waals surface area (Å²) in [6, 6.07) is 3.52. The predicted octanol–water partition coefficient (Wildman–Crippen LogP) is 1.88. The Balaban J connectivity index is 2.85. The van der Waals surface area contributed by atoms with Gasteiger partial charge < -0.3 is 10.1 Å². The predicted molar refractivity (Wildman–Crippen MR) is 52.5 cm³/mol. The van der Waals surface area contributed by atoms with Gasteiger partial charge in [-0.15, -0.1) is 0 Å². The molecular formula is C10H10N2O2. The van der Waals surface area contributed by atoms with E-state index in [9.17, 15) is 4.79 Å². The molecule has 4 nitrogen and oxygen atoms in total.